The van der Waals surface area contributed by atoms with Gasteiger partial charge in [0, 0.05) is 12.0 Å². The van der Waals surface area contributed by atoms with E-state index in [9.17, 15) is 19.5 Å². The average Bonchev–Trinajstić information content (AvgIpc) is 3.38. The van der Waals surface area contributed by atoms with E-state index in [1.165, 1.54) is 0 Å². The predicted molar refractivity (Wildman–Crippen MR) is 133 cm³/mol. The number of carboxylic acid groups (broad SMARTS) is 1. The van der Waals surface area contributed by atoms with E-state index in [4.69, 9.17) is 4.74 Å². The fraction of sp³-hybridized carbons (Fsp3) is 0.393. The van der Waals surface area contributed by atoms with Crippen molar-refractivity contribution in [3.63, 3.8) is 0 Å². The zero-order valence-electron chi connectivity index (χ0n) is 20.0. The summed E-state index contributed by atoms with van der Waals surface area (Å²) in [4.78, 5) is 37.4. The quantitative estimate of drug-likeness (QED) is 0.458. The Morgan fingerprint density at radius 1 is 1.14 bits per heavy atom. The van der Waals surface area contributed by atoms with Crippen molar-refractivity contribution in [2.24, 2.45) is 5.41 Å². The van der Waals surface area contributed by atoms with Gasteiger partial charge in [-0.25, -0.2) is 9.59 Å². The Morgan fingerprint density at radius 3 is 2.37 bits per heavy atom. The maximum atomic E-state index is 13.1. The molecule has 3 N–H and O–H groups in total. The number of benzene rings is 2. The lowest BCUT2D eigenvalue weighted by atomic mass is 9.83. The highest BCUT2D eigenvalue weighted by atomic mass is 16.5. The van der Waals surface area contributed by atoms with Crippen LogP contribution in [0.15, 0.2) is 61.2 Å². The topological polar surface area (TPSA) is 105 Å². The van der Waals surface area contributed by atoms with Crippen LogP contribution >= 0.6 is 0 Å². The molecular weight excluding hydrogens is 444 g/mol. The number of amides is 2. The lowest BCUT2D eigenvalue weighted by molar-refractivity contribution is -0.144. The fourth-order valence-electron chi connectivity index (χ4n) is 5.32. The van der Waals surface area contributed by atoms with Gasteiger partial charge in [-0.2, -0.15) is 0 Å². The third kappa shape index (κ3) is 4.94. The number of hydrogen-bond donors (Lipinski definition) is 3. The second kappa shape index (κ2) is 10.3. The molecule has 4 rings (SSSR count). The van der Waals surface area contributed by atoms with Crippen LogP contribution < -0.4 is 10.6 Å². The van der Waals surface area contributed by atoms with Gasteiger partial charge in [0.2, 0.25) is 5.91 Å². The first-order valence-corrected chi connectivity index (χ1v) is 12.1. The van der Waals surface area contributed by atoms with Crippen molar-refractivity contribution >= 4 is 18.0 Å². The maximum absolute atomic E-state index is 13.1. The molecule has 1 fully saturated rings. The molecule has 0 aromatic heterocycles. The number of hydrogen-bond acceptors (Lipinski definition) is 4. The first-order valence-electron chi connectivity index (χ1n) is 12.1. The molecule has 2 aromatic rings. The van der Waals surface area contributed by atoms with Crippen molar-refractivity contribution in [1.29, 1.82) is 0 Å². The Kier molecular flexibility index (Phi) is 7.24. The molecule has 2 aliphatic carbocycles. The summed E-state index contributed by atoms with van der Waals surface area (Å²) in [6.45, 7) is 5.58. The van der Waals surface area contributed by atoms with Crippen LogP contribution in [0.3, 0.4) is 0 Å². The van der Waals surface area contributed by atoms with Crippen LogP contribution in [0, 0.1) is 5.41 Å². The predicted octanol–water partition coefficient (Wildman–Crippen LogP) is 4.62. The fourth-order valence-corrected chi connectivity index (χ4v) is 5.32. The maximum Gasteiger partial charge on any atom is 0.407 e. The van der Waals surface area contributed by atoms with Gasteiger partial charge in [0.05, 0.1) is 5.41 Å². The third-order valence-electron chi connectivity index (χ3n) is 7.38. The normalized spacial score (nSPS) is 21.5. The Hall–Kier alpha value is -3.61. The smallest absolute Gasteiger partial charge is 0.407 e. The summed E-state index contributed by atoms with van der Waals surface area (Å²) in [5.41, 5.74) is 3.66. The van der Waals surface area contributed by atoms with Crippen LogP contribution in [0.25, 0.3) is 11.1 Å². The highest BCUT2D eigenvalue weighted by Gasteiger charge is 2.47. The zero-order valence-corrected chi connectivity index (χ0v) is 20.0. The van der Waals surface area contributed by atoms with E-state index in [1.54, 1.807) is 13.0 Å². The lowest BCUT2D eigenvalue weighted by Gasteiger charge is -2.32. The molecule has 2 aliphatic rings. The van der Waals surface area contributed by atoms with Gasteiger partial charge >= 0.3 is 12.1 Å². The number of allylic oxidation sites excluding steroid dienone is 1. The molecule has 184 valence electrons. The van der Waals surface area contributed by atoms with Crippen molar-refractivity contribution in [2.75, 3.05) is 6.61 Å². The van der Waals surface area contributed by atoms with Gasteiger partial charge in [-0.15, -0.1) is 6.58 Å². The van der Waals surface area contributed by atoms with Crippen LogP contribution in [0.5, 0.6) is 0 Å². The molecule has 0 bridgehead atoms. The van der Waals surface area contributed by atoms with Crippen molar-refractivity contribution in [1.82, 2.24) is 10.6 Å². The summed E-state index contributed by atoms with van der Waals surface area (Å²) in [6, 6.07) is 14.8. The molecule has 0 saturated heterocycles. The standard InChI is InChI=1S/C28H32N2O5/c1-3-4-14-23(25(31)32)29-26(33)28(2)16-9-15-24(28)30-27(34)35-17-22-20-12-7-5-10-18(20)19-11-6-8-13-21(19)22/h3,5-8,10-13,22-24H,1,4,9,14-17H2,2H3,(H,29,33)(H,30,34)(H,31,32). The number of rotatable bonds is 9. The number of carbonyl (C=O) groups excluding carboxylic acids is 2. The molecule has 7 heteroatoms. The SMILES string of the molecule is C=CCCC(NC(=O)C1(C)CCCC1NC(=O)OCC1c2ccccc2-c2ccccc21)C(=O)O. The monoisotopic (exact) mass is 476 g/mol. The van der Waals surface area contributed by atoms with E-state index in [-0.39, 0.29) is 24.9 Å². The van der Waals surface area contributed by atoms with E-state index in [1.807, 2.05) is 24.3 Å². The summed E-state index contributed by atoms with van der Waals surface area (Å²) >= 11 is 0. The summed E-state index contributed by atoms with van der Waals surface area (Å²) in [7, 11) is 0. The van der Waals surface area contributed by atoms with Gasteiger partial charge < -0.3 is 20.5 Å². The van der Waals surface area contributed by atoms with E-state index in [2.05, 4.69) is 41.5 Å². The molecule has 1 saturated carbocycles. The van der Waals surface area contributed by atoms with Gasteiger partial charge in [-0.3, -0.25) is 4.79 Å². The largest absolute Gasteiger partial charge is 0.480 e. The number of nitrogens with one attached hydrogen (secondary N) is 2. The van der Waals surface area contributed by atoms with Gasteiger partial charge in [0.25, 0.3) is 0 Å². The van der Waals surface area contributed by atoms with E-state index < -0.39 is 29.6 Å². The van der Waals surface area contributed by atoms with Crippen molar-refractivity contribution in [3.05, 3.63) is 72.3 Å². The van der Waals surface area contributed by atoms with Crippen LogP contribution in [-0.4, -0.2) is 41.8 Å². The molecule has 0 aliphatic heterocycles. The van der Waals surface area contributed by atoms with E-state index in [0.717, 1.165) is 28.7 Å². The molecular formula is C28H32N2O5. The summed E-state index contributed by atoms with van der Waals surface area (Å²) in [5, 5.41) is 15.0. The van der Waals surface area contributed by atoms with E-state index in [0.29, 0.717) is 19.3 Å². The minimum atomic E-state index is -1.08. The van der Waals surface area contributed by atoms with Crippen LogP contribution in [-0.2, 0) is 14.3 Å². The molecule has 2 amide bonds. The highest BCUT2D eigenvalue weighted by molar-refractivity contribution is 5.88. The molecule has 2 aromatic carbocycles. The zero-order chi connectivity index (χ0) is 25.0. The number of alkyl carbamates (subject to hydrolysis) is 1. The lowest BCUT2D eigenvalue weighted by Crippen LogP contribution is -2.54. The minimum Gasteiger partial charge on any atom is -0.480 e. The number of carboxylic acids is 1. The average molecular weight is 477 g/mol. The third-order valence-corrected chi connectivity index (χ3v) is 7.38. The molecule has 7 nitrogen and oxygen atoms in total. The highest BCUT2D eigenvalue weighted by Crippen LogP contribution is 2.44. The molecule has 35 heavy (non-hydrogen) atoms. The Labute approximate surface area is 205 Å². The summed E-state index contributed by atoms with van der Waals surface area (Å²) in [6.07, 6.45) is 3.74. The molecule has 0 heterocycles. The van der Waals surface area contributed by atoms with Crippen molar-refractivity contribution in [2.45, 2.75) is 57.0 Å². The molecule has 3 unspecified atom stereocenters. The van der Waals surface area contributed by atoms with Gasteiger partial charge in [0.15, 0.2) is 0 Å². The first kappa shape index (κ1) is 24.5. The number of fused-ring (bicyclic) bond motifs is 3. The van der Waals surface area contributed by atoms with Gasteiger partial charge in [-0.1, -0.05) is 61.0 Å². The second-order valence-corrected chi connectivity index (χ2v) is 9.56. The Bertz CT molecular complexity index is 1080. The molecule has 0 spiro atoms. The second-order valence-electron chi connectivity index (χ2n) is 9.56. The van der Waals surface area contributed by atoms with Crippen LogP contribution in [0.2, 0.25) is 0 Å². The van der Waals surface area contributed by atoms with Crippen molar-refractivity contribution in [3.8, 4) is 11.1 Å². The van der Waals surface area contributed by atoms with Crippen molar-refractivity contribution < 1.29 is 24.2 Å². The number of ether oxygens (including phenoxy) is 1. The minimum absolute atomic E-state index is 0.0485. The first-order chi connectivity index (χ1) is 16.8. The molecule has 0 radical (unpaired) electrons. The summed E-state index contributed by atoms with van der Waals surface area (Å²) < 4.78 is 5.66. The number of carbonyl (C=O) groups is 3. The van der Waals surface area contributed by atoms with Gasteiger partial charge in [-0.05, 0) is 54.9 Å². The number of aliphatic carboxylic acids is 1. The van der Waals surface area contributed by atoms with Crippen LogP contribution in [0.1, 0.15) is 56.1 Å². The Morgan fingerprint density at radius 2 is 1.77 bits per heavy atom. The molecule has 3 atom stereocenters. The van der Waals surface area contributed by atoms with Crippen LogP contribution in [0.4, 0.5) is 4.79 Å². The Balaban J connectivity index is 1.39. The van der Waals surface area contributed by atoms with E-state index >= 15 is 0 Å². The van der Waals surface area contributed by atoms with Gasteiger partial charge in [0.1, 0.15) is 12.6 Å². The summed E-state index contributed by atoms with van der Waals surface area (Å²) in [5.74, 6) is -1.49.